The highest BCUT2D eigenvalue weighted by atomic mass is 32.2. The number of hydrogen-bond acceptors (Lipinski definition) is 4. The van der Waals surface area contributed by atoms with Gasteiger partial charge in [0, 0.05) is 19.2 Å². The Morgan fingerprint density at radius 2 is 2.00 bits per heavy atom. The predicted molar refractivity (Wildman–Crippen MR) is 76.4 cm³/mol. The van der Waals surface area contributed by atoms with Crippen LogP contribution < -0.4 is 15.8 Å². The Labute approximate surface area is 113 Å². The van der Waals surface area contributed by atoms with Crippen molar-refractivity contribution in [3.63, 3.8) is 0 Å². The molecule has 19 heavy (non-hydrogen) atoms. The second-order valence-corrected chi connectivity index (χ2v) is 6.14. The average Bonchev–Trinajstić information content (AvgIpc) is 2.28. The molecule has 0 radical (unpaired) electrons. The molecule has 1 aromatic rings. The summed E-state index contributed by atoms with van der Waals surface area (Å²) in [6.07, 6.45) is 0.442. The van der Waals surface area contributed by atoms with Crippen LogP contribution in [-0.4, -0.2) is 26.1 Å². The summed E-state index contributed by atoms with van der Waals surface area (Å²) in [5.41, 5.74) is 6.38. The third kappa shape index (κ3) is 4.53. The fourth-order valence-corrected chi connectivity index (χ4v) is 2.94. The summed E-state index contributed by atoms with van der Waals surface area (Å²) in [7, 11) is -3.51. The van der Waals surface area contributed by atoms with Gasteiger partial charge in [0.15, 0.2) is 0 Å². The quantitative estimate of drug-likeness (QED) is 0.729. The van der Waals surface area contributed by atoms with Crippen LogP contribution in [0.25, 0.3) is 0 Å². The number of anilines is 2. The fourth-order valence-electron chi connectivity index (χ4n) is 1.62. The summed E-state index contributed by atoms with van der Waals surface area (Å²) in [6.45, 7) is 3.22. The van der Waals surface area contributed by atoms with E-state index in [4.69, 9.17) is 5.73 Å². The highest BCUT2D eigenvalue weighted by Gasteiger charge is 2.22. The zero-order valence-corrected chi connectivity index (χ0v) is 11.8. The lowest BCUT2D eigenvalue weighted by Crippen LogP contribution is -2.33. The molecule has 1 rings (SSSR count). The molecular formula is C12H19N3O3S. The van der Waals surface area contributed by atoms with E-state index in [2.05, 4.69) is 10.0 Å². The first kappa shape index (κ1) is 15.5. The third-order valence-corrected chi connectivity index (χ3v) is 4.52. The number of rotatable bonds is 6. The van der Waals surface area contributed by atoms with Crippen LogP contribution in [0.5, 0.6) is 0 Å². The number of benzene rings is 1. The first-order valence-corrected chi connectivity index (χ1v) is 7.53. The molecule has 0 saturated heterocycles. The second kappa shape index (κ2) is 6.53. The molecule has 7 heteroatoms. The number of nitrogens with one attached hydrogen (secondary N) is 2. The molecular weight excluding hydrogens is 266 g/mol. The Morgan fingerprint density at radius 1 is 1.37 bits per heavy atom. The number of sulfonamides is 1. The van der Waals surface area contributed by atoms with E-state index in [9.17, 15) is 13.2 Å². The highest BCUT2D eigenvalue weighted by molar-refractivity contribution is 7.93. The van der Waals surface area contributed by atoms with Crippen molar-refractivity contribution in [1.29, 1.82) is 0 Å². The van der Waals surface area contributed by atoms with E-state index >= 15 is 0 Å². The van der Waals surface area contributed by atoms with Crippen LogP contribution in [0.2, 0.25) is 0 Å². The maximum Gasteiger partial charge on any atom is 0.236 e. The molecule has 0 fully saturated rings. The average molecular weight is 285 g/mol. The molecule has 1 amide bonds. The number of carbonyl (C=O) groups excluding carboxylic acids is 1. The molecule has 1 atom stereocenters. The Bertz CT molecular complexity index is 539. The van der Waals surface area contributed by atoms with E-state index in [1.807, 2.05) is 0 Å². The largest absolute Gasteiger partial charge is 0.329 e. The van der Waals surface area contributed by atoms with Gasteiger partial charge in [0.1, 0.15) is 0 Å². The Balaban J connectivity index is 2.90. The van der Waals surface area contributed by atoms with Gasteiger partial charge in [-0.1, -0.05) is 13.0 Å². The van der Waals surface area contributed by atoms with Crippen molar-refractivity contribution in [3.8, 4) is 0 Å². The Hall–Kier alpha value is -1.60. The maximum atomic E-state index is 12.0. The standard InChI is InChI=1S/C12H19N3O3S/c1-3-12(8-13)19(17,18)15-11-6-4-5-10(7-11)14-9(2)16/h4-7,12,15H,3,8,13H2,1-2H3,(H,14,16). The molecule has 0 aliphatic carbocycles. The minimum atomic E-state index is -3.51. The lowest BCUT2D eigenvalue weighted by atomic mass is 10.3. The van der Waals surface area contributed by atoms with E-state index in [1.165, 1.54) is 6.92 Å². The normalized spacial score (nSPS) is 12.8. The second-order valence-electron chi connectivity index (χ2n) is 4.18. The Morgan fingerprint density at radius 3 is 2.53 bits per heavy atom. The van der Waals surface area contributed by atoms with Crippen LogP contribution in [0.1, 0.15) is 20.3 Å². The summed E-state index contributed by atoms with van der Waals surface area (Å²) in [6, 6.07) is 6.51. The zero-order valence-electron chi connectivity index (χ0n) is 11.0. The van der Waals surface area contributed by atoms with Crippen molar-refractivity contribution < 1.29 is 13.2 Å². The minimum absolute atomic E-state index is 0.0667. The minimum Gasteiger partial charge on any atom is -0.329 e. The predicted octanol–water partition coefficient (Wildman–Crippen LogP) is 1.12. The number of hydrogen-bond donors (Lipinski definition) is 3. The molecule has 0 saturated carbocycles. The SMILES string of the molecule is CCC(CN)S(=O)(=O)Nc1cccc(NC(C)=O)c1. The van der Waals surface area contributed by atoms with Crippen molar-refractivity contribution in [1.82, 2.24) is 0 Å². The molecule has 106 valence electrons. The summed E-state index contributed by atoms with van der Waals surface area (Å²) in [5.74, 6) is -0.214. The van der Waals surface area contributed by atoms with Gasteiger partial charge in [0.2, 0.25) is 15.9 Å². The van der Waals surface area contributed by atoms with Crippen molar-refractivity contribution in [2.24, 2.45) is 5.73 Å². The van der Waals surface area contributed by atoms with Gasteiger partial charge in [-0.3, -0.25) is 9.52 Å². The summed E-state index contributed by atoms with van der Waals surface area (Å²) >= 11 is 0. The first-order valence-electron chi connectivity index (χ1n) is 5.98. The highest BCUT2D eigenvalue weighted by Crippen LogP contribution is 2.18. The third-order valence-electron chi connectivity index (χ3n) is 2.60. The van der Waals surface area contributed by atoms with Crippen molar-refractivity contribution in [3.05, 3.63) is 24.3 Å². The lowest BCUT2D eigenvalue weighted by molar-refractivity contribution is -0.114. The van der Waals surface area contributed by atoms with Crippen LogP contribution in [-0.2, 0) is 14.8 Å². The van der Waals surface area contributed by atoms with Crippen LogP contribution in [0.15, 0.2) is 24.3 Å². The van der Waals surface area contributed by atoms with Gasteiger partial charge in [0.05, 0.1) is 10.9 Å². The van der Waals surface area contributed by atoms with Crippen LogP contribution >= 0.6 is 0 Å². The zero-order chi connectivity index (χ0) is 14.5. The lowest BCUT2D eigenvalue weighted by Gasteiger charge is -2.16. The van der Waals surface area contributed by atoms with E-state index < -0.39 is 15.3 Å². The molecule has 4 N–H and O–H groups in total. The number of nitrogens with two attached hydrogens (primary N) is 1. The van der Waals surface area contributed by atoms with Gasteiger partial charge < -0.3 is 11.1 Å². The van der Waals surface area contributed by atoms with Crippen molar-refractivity contribution in [2.75, 3.05) is 16.6 Å². The van der Waals surface area contributed by atoms with Gasteiger partial charge in [-0.15, -0.1) is 0 Å². The summed E-state index contributed by atoms with van der Waals surface area (Å²) in [5, 5.41) is 1.96. The van der Waals surface area contributed by atoms with E-state index in [0.717, 1.165) is 0 Å². The van der Waals surface area contributed by atoms with Gasteiger partial charge in [-0.25, -0.2) is 8.42 Å². The molecule has 1 aromatic carbocycles. The van der Waals surface area contributed by atoms with Crippen molar-refractivity contribution >= 4 is 27.3 Å². The van der Waals surface area contributed by atoms with Crippen LogP contribution in [0.4, 0.5) is 11.4 Å². The van der Waals surface area contributed by atoms with E-state index in [-0.39, 0.29) is 12.5 Å². The summed E-state index contributed by atoms with van der Waals surface area (Å²) < 4.78 is 26.5. The monoisotopic (exact) mass is 285 g/mol. The van der Waals surface area contributed by atoms with Gasteiger partial charge in [-0.05, 0) is 24.6 Å². The van der Waals surface area contributed by atoms with E-state index in [1.54, 1.807) is 31.2 Å². The maximum absolute atomic E-state index is 12.0. The van der Waals surface area contributed by atoms with Gasteiger partial charge >= 0.3 is 0 Å². The number of amides is 1. The van der Waals surface area contributed by atoms with Crippen LogP contribution in [0, 0.1) is 0 Å². The fraction of sp³-hybridized carbons (Fsp3) is 0.417. The molecule has 0 aromatic heterocycles. The van der Waals surface area contributed by atoms with Gasteiger partial charge in [-0.2, -0.15) is 0 Å². The molecule has 0 aliphatic heterocycles. The van der Waals surface area contributed by atoms with E-state index in [0.29, 0.717) is 17.8 Å². The van der Waals surface area contributed by atoms with Crippen molar-refractivity contribution in [2.45, 2.75) is 25.5 Å². The summed E-state index contributed by atoms with van der Waals surface area (Å²) in [4.78, 5) is 10.9. The number of carbonyl (C=O) groups is 1. The molecule has 6 nitrogen and oxygen atoms in total. The Kier molecular flexibility index (Phi) is 5.31. The molecule has 0 spiro atoms. The molecule has 1 unspecified atom stereocenters. The molecule has 0 aliphatic rings. The smallest absolute Gasteiger partial charge is 0.236 e. The first-order chi connectivity index (χ1) is 8.89. The topological polar surface area (TPSA) is 101 Å². The van der Waals surface area contributed by atoms with Crippen LogP contribution in [0.3, 0.4) is 0 Å². The molecule has 0 bridgehead atoms. The molecule has 0 heterocycles. The van der Waals surface area contributed by atoms with Gasteiger partial charge in [0.25, 0.3) is 0 Å².